The zero-order valence-electron chi connectivity index (χ0n) is 40.6. The smallest absolute Gasteiger partial charge is 0.0535 e. The molecule has 74 heavy (non-hydrogen) atoms. The fourth-order valence-corrected chi connectivity index (χ4v) is 11.6. The van der Waals surface area contributed by atoms with Crippen LogP contribution in [-0.4, -0.2) is 9.13 Å². The Morgan fingerprint density at radius 3 is 0.986 bits per heavy atom. The van der Waals surface area contributed by atoms with Crippen molar-refractivity contribution in [2.24, 2.45) is 0 Å². The molecule has 12 aromatic carbocycles. The maximum Gasteiger partial charge on any atom is 0.0535 e. The molecule has 0 unspecified atom stereocenters. The summed E-state index contributed by atoms with van der Waals surface area (Å²) in [5.41, 5.74) is 18.5. The van der Waals surface area contributed by atoms with Crippen LogP contribution in [0.15, 0.2) is 291 Å². The number of benzene rings is 12. The van der Waals surface area contributed by atoms with Gasteiger partial charge in [-0.2, -0.15) is 0 Å². The monoisotopic (exact) mass is 940 g/mol. The Bertz CT molecular complexity index is 4260. The van der Waals surface area contributed by atoms with E-state index in [0.29, 0.717) is 0 Å². The quantitative estimate of drug-likeness (QED) is 0.128. The third-order valence-corrected chi connectivity index (χ3v) is 14.9. The summed E-state index contributed by atoms with van der Waals surface area (Å²) >= 11 is 0. The first-order valence-electron chi connectivity index (χ1n) is 25.5. The van der Waals surface area contributed by atoms with Gasteiger partial charge in [-0.1, -0.05) is 231 Å². The van der Waals surface area contributed by atoms with Crippen LogP contribution in [-0.2, 0) is 0 Å². The highest BCUT2D eigenvalue weighted by Crippen LogP contribution is 2.50. The highest BCUT2D eigenvalue weighted by Gasteiger charge is 2.24. The Kier molecular flexibility index (Phi) is 10.6. The van der Waals surface area contributed by atoms with E-state index in [0.717, 1.165) is 56.4 Å². The first kappa shape index (κ1) is 43.1. The van der Waals surface area contributed by atoms with E-state index in [-0.39, 0.29) is 0 Å². The lowest BCUT2D eigenvalue weighted by atomic mass is 9.82. The van der Waals surface area contributed by atoms with Crippen LogP contribution in [0.25, 0.3) is 133 Å². The number of rotatable bonds is 9. The summed E-state index contributed by atoms with van der Waals surface area (Å²) in [4.78, 5) is 0. The van der Waals surface area contributed by atoms with Gasteiger partial charge < -0.3 is 9.13 Å². The molecule has 0 saturated carbocycles. The SMILES string of the molecule is c1ccc(-c2cc3ccccc3cc2-c2c3cc(-n4c(-c5ccccc5)ccc4-c4ccccc4)ccc3c(-c3cccc4ccccc34)c3cc(-n4c(-c5ccccc5)ccc4-c4ccccc4)ccc23)cc1. The lowest BCUT2D eigenvalue weighted by Crippen LogP contribution is -2.02. The summed E-state index contributed by atoms with van der Waals surface area (Å²) in [6.45, 7) is 0. The molecule has 0 aliphatic carbocycles. The third-order valence-electron chi connectivity index (χ3n) is 14.9. The average Bonchev–Trinajstić information content (AvgIpc) is 4.15. The van der Waals surface area contributed by atoms with Crippen LogP contribution in [0.4, 0.5) is 0 Å². The molecule has 0 aliphatic heterocycles. The molecule has 0 saturated heterocycles. The number of nitrogens with zero attached hydrogens (tertiary/aromatic N) is 2. The van der Waals surface area contributed by atoms with Gasteiger partial charge in [-0.05, 0) is 159 Å². The molecule has 14 rings (SSSR count). The van der Waals surface area contributed by atoms with Gasteiger partial charge in [0.15, 0.2) is 0 Å². The molecule has 0 N–H and O–H groups in total. The van der Waals surface area contributed by atoms with Crippen LogP contribution in [0.3, 0.4) is 0 Å². The largest absolute Gasteiger partial charge is 0.309 e. The van der Waals surface area contributed by atoms with Crippen LogP contribution >= 0.6 is 0 Å². The normalized spacial score (nSPS) is 11.5. The van der Waals surface area contributed by atoms with Gasteiger partial charge in [0.25, 0.3) is 0 Å². The number of aromatic nitrogens is 2. The molecule has 2 nitrogen and oxygen atoms in total. The second-order valence-electron chi connectivity index (χ2n) is 19.2. The molecule has 0 atom stereocenters. The van der Waals surface area contributed by atoms with Crippen molar-refractivity contribution >= 4 is 43.1 Å². The summed E-state index contributed by atoms with van der Waals surface area (Å²) in [7, 11) is 0. The highest BCUT2D eigenvalue weighted by molar-refractivity contribution is 6.25. The molecule has 0 fully saturated rings. The maximum absolute atomic E-state index is 2.47. The van der Waals surface area contributed by atoms with E-state index in [1.807, 2.05) is 0 Å². The van der Waals surface area contributed by atoms with Crippen LogP contribution in [0.5, 0.6) is 0 Å². The lowest BCUT2D eigenvalue weighted by molar-refractivity contribution is 1.10. The summed E-state index contributed by atoms with van der Waals surface area (Å²) in [6, 6.07) is 107. The second kappa shape index (κ2) is 18.1. The van der Waals surface area contributed by atoms with Crippen molar-refractivity contribution in [3.05, 3.63) is 291 Å². The third kappa shape index (κ3) is 7.35. The lowest BCUT2D eigenvalue weighted by Gasteiger charge is -2.24. The molecule has 0 aliphatic rings. The van der Waals surface area contributed by atoms with Crippen LogP contribution in [0, 0.1) is 0 Å². The molecule has 0 radical (unpaired) electrons. The van der Waals surface area contributed by atoms with Gasteiger partial charge in [0.2, 0.25) is 0 Å². The highest BCUT2D eigenvalue weighted by atomic mass is 15.0. The number of hydrogen-bond acceptors (Lipinski definition) is 0. The zero-order valence-corrected chi connectivity index (χ0v) is 40.6. The van der Waals surface area contributed by atoms with Crippen LogP contribution in [0.2, 0.25) is 0 Å². The van der Waals surface area contributed by atoms with Crippen LogP contribution < -0.4 is 0 Å². The summed E-state index contributed by atoms with van der Waals surface area (Å²) in [5.74, 6) is 0. The Labute approximate surface area is 431 Å². The van der Waals surface area contributed by atoms with Gasteiger partial charge in [0.05, 0.1) is 22.8 Å². The predicted molar refractivity (Wildman–Crippen MR) is 313 cm³/mol. The van der Waals surface area contributed by atoms with E-state index in [1.54, 1.807) is 0 Å². The van der Waals surface area contributed by atoms with Crippen molar-refractivity contribution in [3.63, 3.8) is 0 Å². The fourth-order valence-electron chi connectivity index (χ4n) is 11.6. The van der Waals surface area contributed by atoms with Gasteiger partial charge in [0, 0.05) is 11.4 Å². The summed E-state index contributed by atoms with van der Waals surface area (Å²) in [6.07, 6.45) is 0. The molecule has 2 heterocycles. The van der Waals surface area contributed by atoms with E-state index in [2.05, 4.69) is 300 Å². The van der Waals surface area contributed by atoms with E-state index < -0.39 is 0 Å². The maximum atomic E-state index is 2.47. The van der Waals surface area contributed by atoms with Crippen molar-refractivity contribution in [1.82, 2.24) is 9.13 Å². The van der Waals surface area contributed by atoms with Gasteiger partial charge in [-0.25, -0.2) is 0 Å². The minimum atomic E-state index is 1.09. The standard InChI is InChI=1S/C72H48N2/c1-6-21-50(22-7-1)63-45-55-32-16-17-33-56(55)46-64(63)72-62-40-38-57(73-67(51-24-8-2-9-25-51)41-42-68(73)52-26-10-3-11-27-52)47-65(62)71(60-36-20-34-49-23-18-19-35-59(49)60)61-39-37-58(48-66(61)72)74-69(53-28-12-4-13-29-53)43-44-70(74)54-30-14-5-15-31-54/h1-48H. The van der Waals surface area contributed by atoms with E-state index in [1.165, 1.54) is 76.5 Å². The van der Waals surface area contributed by atoms with E-state index in [4.69, 9.17) is 0 Å². The molecular formula is C72H48N2. The first-order valence-corrected chi connectivity index (χ1v) is 25.5. The topological polar surface area (TPSA) is 9.86 Å². The van der Waals surface area contributed by atoms with Crippen molar-refractivity contribution in [2.45, 2.75) is 0 Å². The number of fused-ring (bicyclic) bond motifs is 4. The fraction of sp³-hybridized carbons (Fsp3) is 0. The van der Waals surface area contributed by atoms with Crippen molar-refractivity contribution in [3.8, 4) is 89.8 Å². The molecular weight excluding hydrogens is 893 g/mol. The molecule has 0 bridgehead atoms. The van der Waals surface area contributed by atoms with E-state index >= 15 is 0 Å². The van der Waals surface area contributed by atoms with Gasteiger partial charge in [0.1, 0.15) is 0 Å². The van der Waals surface area contributed by atoms with Gasteiger partial charge >= 0.3 is 0 Å². The summed E-state index contributed by atoms with van der Waals surface area (Å²) < 4.78 is 4.91. The predicted octanol–water partition coefficient (Wildman–Crippen LogP) is 19.5. The zero-order chi connectivity index (χ0) is 49.0. The Morgan fingerprint density at radius 2 is 0.541 bits per heavy atom. The minimum absolute atomic E-state index is 1.09. The Morgan fingerprint density at radius 1 is 0.189 bits per heavy atom. The van der Waals surface area contributed by atoms with E-state index in [9.17, 15) is 0 Å². The van der Waals surface area contributed by atoms with Crippen molar-refractivity contribution < 1.29 is 0 Å². The van der Waals surface area contributed by atoms with Crippen molar-refractivity contribution in [2.75, 3.05) is 0 Å². The number of hydrogen-bond donors (Lipinski definition) is 0. The Hall–Kier alpha value is -9.76. The molecule has 0 spiro atoms. The molecule has 2 aromatic heterocycles. The average molecular weight is 941 g/mol. The van der Waals surface area contributed by atoms with Crippen molar-refractivity contribution in [1.29, 1.82) is 0 Å². The minimum Gasteiger partial charge on any atom is -0.309 e. The van der Waals surface area contributed by atoms with Gasteiger partial charge in [-0.15, -0.1) is 0 Å². The summed E-state index contributed by atoms with van der Waals surface area (Å²) in [5, 5.41) is 9.57. The first-order chi connectivity index (χ1) is 36.7. The molecule has 14 aromatic rings. The van der Waals surface area contributed by atoms with Gasteiger partial charge in [-0.3, -0.25) is 0 Å². The molecule has 346 valence electrons. The Balaban J connectivity index is 1.16. The molecule has 0 amide bonds. The van der Waals surface area contributed by atoms with Crippen LogP contribution in [0.1, 0.15) is 0 Å². The molecule has 2 heteroatoms. The second-order valence-corrected chi connectivity index (χ2v) is 19.2.